The summed E-state index contributed by atoms with van der Waals surface area (Å²) in [5, 5.41) is 21.3. The standard InChI is InChI=1S/C21H28O6/c1-10(2)12-9-13(22)16-17(21(12,5)8-7-14(23)27-6)20(26)19(25)15(11(3)4)18(16)24/h11-12,18,24-25H,1,7-9H2,2-6H3/t12-,18-,21-/m0/s1. The van der Waals surface area contributed by atoms with Gasteiger partial charge in [-0.1, -0.05) is 32.9 Å². The van der Waals surface area contributed by atoms with Crippen LogP contribution in [-0.4, -0.2) is 41.0 Å². The fraction of sp³-hybridized carbons (Fsp3) is 0.571. The molecule has 0 fully saturated rings. The number of esters is 1. The molecule has 0 amide bonds. The molecule has 0 saturated carbocycles. The number of rotatable bonds is 5. The molecule has 0 aromatic rings. The average Bonchev–Trinajstić information content (AvgIpc) is 2.58. The minimum absolute atomic E-state index is 0.0476. The Morgan fingerprint density at radius 1 is 1.37 bits per heavy atom. The first-order valence-corrected chi connectivity index (χ1v) is 9.13. The van der Waals surface area contributed by atoms with Crippen molar-refractivity contribution in [3.8, 4) is 0 Å². The number of hydrogen-bond donors (Lipinski definition) is 2. The number of Topliss-reactive ketones (excluding diaryl/α,β-unsaturated/α-hetero) is 2. The average molecular weight is 376 g/mol. The number of carbonyl (C=O) groups is 3. The maximum atomic E-state index is 13.1. The van der Waals surface area contributed by atoms with Crippen molar-refractivity contribution in [3.05, 3.63) is 34.6 Å². The number of ketones is 2. The predicted octanol–water partition coefficient (Wildman–Crippen LogP) is 2.82. The van der Waals surface area contributed by atoms with Gasteiger partial charge in [0.05, 0.1) is 7.11 Å². The number of carbonyl (C=O) groups excluding carboxylic acids is 3. The largest absolute Gasteiger partial charge is 0.504 e. The summed E-state index contributed by atoms with van der Waals surface area (Å²) in [4.78, 5) is 37.7. The summed E-state index contributed by atoms with van der Waals surface area (Å²) < 4.78 is 4.72. The second-order valence-electron chi connectivity index (χ2n) is 8.00. The maximum Gasteiger partial charge on any atom is 0.305 e. The SMILES string of the molecule is C=C(C)[C@@H]1CC(=O)C2=C(C(=O)C(O)=C(C(C)C)[C@@H]2O)[C@@]1(C)CCC(=O)OC. The Morgan fingerprint density at radius 2 is 1.96 bits per heavy atom. The van der Waals surface area contributed by atoms with Crippen LogP contribution in [0.5, 0.6) is 0 Å². The lowest BCUT2D eigenvalue weighted by Crippen LogP contribution is -2.47. The fourth-order valence-corrected chi connectivity index (χ4v) is 4.42. The van der Waals surface area contributed by atoms with E-state index in [0.29, 0.717) is 5.57 Å². The van der Waals surface area contributed by atoms with E-state index in [1.54, 1.807) is 27.7 Å². The van der Waals surface area contributed by atoms with Gasteiger partial charge >= 0.3 is 5.97 Å². The molecule has 0 spiro atoms. The number of hydrogen-bond acceptors (Lipinski definition) is 6. The van der Waals surface area contributed by atoms with Crippen LogP contribution in [0.4, 0.5) is 0 Å². The molecule has 0 aromatic heterocycles. The van der Waals surface area contributed by atoms with Crippen molar-refractivity contribution < 1.29 is 29.3 Å². The monoisotopic (exact) mass is 376 g/mol. The fourth-order valence-electron chi connectivity index (χ4n) is 4.42. The van der Waals surface area contributed by atoms with Crippen LogP contribution in [0, 0.1) is 17.3 Å². The van der Waals surface area contributed by atoms with Crippen molar-refractivity contribution in [3.63, 3.8) is 0 Å². The summed E-state index contributed by atoms with van der Waals surface area (Å²) in [6.45, 7) is 11.0. The van der Waals surface area contributed by atoms with Gasteiger partial charge in [0, 0.05) is 35.0 Å². The van der Waals surface area contributed by atoms with Gasteiger partial charge in [-0.2, -0.15) is 0 Å². The first-order valence-electron chi connectivity index (χ1n) is 9.13. The van der Waals surface area contributed by atoms with Crippen LogP contribution in [0.3, 0.4) is 0 Å². The Morgan fingerprint density at radius 3 is 2.44 bits per heavy atom. The second-order valence-corrected chi connectivity index (χ2v) is 8.00. The van der Waals surface area contributed by atoms with Crippen LogP contribution >= 0.6 is 0 Å². The van der Waals surface area contributed by atoms with Crippen molar-refractivity contribution >= 4 is 17.5 Å². The molecule has 0 unspecified atom stereocenters. The van der Waals surface area contributed by atoms with Crippen molar-refractivity contribution in [2.45, 2.75) is 53.1 Å². The molecule has 3 atom stereocenters. The third-order valence-electron chi connectivity index (χ3n) is 5.88. The van der Waals surface area contributed by atoms with E-state index in [1.165, 1.54) is 7.11 Å². The highest BCUT2D eigenvalue weighted by atomic mass is 16.5. The third-order valence-corrected chi connectivity index (χ3v) is 5.88. The first-order chi connectivity index (χ1) is 12.5. The van der Waals surface area contributed by atoms with E-state index in [1.807, 2.05) is 0 Å². The number of allylic oxidation sites excluding steroid dienone is 2. The van der Waals surface area contributed by atoms with Gasteiger partial charge in [-0.15, -0.1) is 0 Å². The Labute approximate surface area is 159 Å². The summed E-state index contributed by atoms with van der Waals surface area (Å²) in [5.74, 6) is -2.58. The van der Waals surface area contributed by atoms with Crippen LogP contribution in [-0.2, 0) is 19.1 Å². The molecular weight excluding hydrogens is 348 g/mol. The van der Waals surface area contributed by atoms with Crippen LogP contribution in [0.15, 0.2) is 34.6 Å². The topological polar surface area (TPSA) is 101 Å². The van der Waals surface area contributed by atoms with Crippen LogP contribution in [0.2, 0.25) is 0 Å². The summed E-state index contributed by atoms with van der Waals surface area (Å²) in [5.41, 5.74) is 0.105. The molecule has 0 heterocycles. The molecule has 0 aromatic carbocycles. The predicted molar refractivity (Wildman–Crippen MR) is 99.8 cm³/mol. The smallest absolute Gasteiger partial charge is 0.305 e. The van der Waals surface area contributed by atoms with Crippen molar-refractivity contribution in [1.29, 1.82) is 0 Å². The molecule has 2 N–H and O–H groups in total. The molecule has 6 heteroatoms. The lowest BCUT2D eigenvalue weighted by Gasteiger charge is -2.46. The zero-order valence-corrected chi connectivity index (χ0v) is 16.6. The van der Waals surface area contributed by atoms with E-state index < -0.39 is 29.0 Å². The van der Waals surface area contributed by atoms with Gasteiger partial charge in [0.15, 0.2) is 11.5 Å². The van der Waals surface area contributed by atoms with Gasteiger partial charge in [-0.05, 0) is 25.2 Å². The van der Waals surface area contributed by atoms with Crippen molar-refractivity contribution in [2.24, 2.45) is 17.3 Å². The highest BCUT2D eigenvalue weighted by Gasteiger charge is 2.53. The van der Waals surface area contributed by atoms with Crippen LogP contribution in [0.1, 0.15) is 47.0 Å². The lowest BCUT2D eigenvalue weighted by molar-refractivity contribution is -0.141. The summed E-state index contributed by atoms with van der Waals surface area (Å²) in [7, 11) is 1.29. The highest BCUT2D eigenvalue weighted by Crippen LogP contribution is 2.53. The lowest BCUT2D eigenvalue weighted by atomic mass is 9.56. The third kappa shape index (κ3) is 3.38. The zero-order valence-electron chi connectivity index (χ0n) is 16.6. The minimum Gasteiger partial charge on any atom is -0.504 e. The van der Waals surface area contributed by atoms with Gasteiger partial charge < -0.3 is 14.9 Å². The zero-order chi connectivity index (χ0) is 20.7. The van der Waals surface area contributed by atoms with Gasteiger partial charge in [0.2, 0.25) is 5.78 Å². The van der Waals surface area contributed by atoms with Gasteiger partial charge in [0.25, 0.3) is 0 Å². The number of aliphatic hydroxyl groups is 2. The minimum atomic E-state index is -1.33. The van der Waals surface area contributed by atoms with Crippen LogP contribution < -0.4 is 0 Å². The Kier molecular flexibility index (Phi) is 5.80. The van der Waals surface area contributed by atoms with E-state index in [0.717, 1.165) is 0 Å². The Balaban J connectivity index is 2.67. The number of aliphatic hydroxyl groups excluding tert-OH is 2. The van der Waals surface area contributed by atoms with Crippen molar-refractivity contribution in [1.82, 2.24) is 0 Å². The summed E-state index contributed by atoms with van der Waals surface area (Å²) in [6.07, 6.45) is -0.935. The van der Waals surface area contributed by atoms with E-state index in [4.69, 9.17) is 4.74 Å². The molecule has 2 aliphatic carbocycles. The number of ether oxygens (including phenoxy) is 1. The van der Waals surface area contributed by atoms with E-state index in [2.05, 4.69) is 6.58 Å². The summed E-state index contributed by atoms with van der Waals surface area (Å²) in [6, 6.07) is 0. The summed E-state index contributed by atoms with van der Waals surface area (Å²) >= 11 is 0. The molecule has 0 aliphatic heterocycles. The van der Waals surface area contributed by atoms with Gasteiger partial charge in [0.1, 0.15) is 6.10 Å². The molecular formula is C21H28O6. The molecule has 0 radical (unpaired) electrons. The van der Waals surface area contributed by atoms with Gasteiger partial charge in [-0.25, -0.2) is 0 Å². The van der Waals surface area contributed by atoms with E-state index in [-0.39, 0.29) is 53.6 Å². The van der Waals surface area contributed by atoms with E-state index in [9.17, 15) is 24.6 Å². The molecule has 6 nitrogen and oxygen atoms in total. The van der Waals surface area contributed by atoms with Gasteiger partial charge in [-0.3, -0.25) is 14.4 Å². The highest BCUT2D eigenvalue weighted by molar-refractivity contribution is 6.17. The maximum absolute atomic E-state index is 13.1. The van der Waals surface area contributed by atoms with Crippen LogP contribution in [0.25, 0.3) is 0 Å². The quantitative estimate of drug-likeness (QED) is 0.565. The molecule has 148 valence electrons. The molecule has 2 aliphatic rings. The molecule has 0 bridgehead atoms. The molecule has 27 heavy (non-hydrogen) atoms. The second kappa shape index (κ2) is 7.43. The Bertz CT molecular complexity index is 770. The van der Waals surface area contributed by atoms with Crippen molar-refractivity contribution in [2.75, 3.05) is 7.11 Å². The van der Waals surface area contributed by atoms with E-state index >= 15 is 0 Å². The Hall–Kier alpha value is -2.21. The normalized spacial score (nSPS) is 28.6. The number of methoxy groups -OCH3 is 1. The molecule has 2 rings (SSSR count). The molecule has 0 saturated heterocycles. The first kappa shape index (κ1) is 21.1.